The van der Waals surface area contributed by atoms with Crippen molar-refractivity contribution in [2.45, 2.75) is 38.8 Å². The van der Waals surface area contributed by atoms with Gasteiger partial charge in [-0.05, 0) is 20.8 Å². The van der Waals surface area contributed by atoms with Crippen LogP contribution in [0.5, 0.6) is 0 Å². The first kappa shape index (κ1) is 17.3. The van der Waals surface area contributed by atoms with Crippen molar-refractivity contribution in [2.24, 2.45) is 0 Å². The third kappa shape index (κ3) is 8.12. The van der Waals surface area contributed by atoms with E-state index in [0.29, 0.717) is 0 Å². The highest BCUT2D eigenvalue weighted by Gasteiger charge is 2.28. The first-order valence-corrected chi connectivity index (χ1v) is 6.93. The Kier molecular flexibility index (Phi) is 5.92. The van der Waals surface area contributed by atoms with E-state index < -0.39 is 45.8 Å². The van der Waals surface area contributed by atoms with Gasteiger partial charge in [0.1, 0.15) is 11.6 Å². The summed E-state index contributed by atoms with van der Waals surface area (Å²) in [4.78, 5) is 22.3. The maximum atomic E-state index is 11.4. The van der Waals surface area contributed by atoms with Gasteiger partial charge in [-0.3, -0.25) is 9.59 Å². The molecule has 0 spiro atoms. The van der Waals surface area contributed by atoms with Crippen molar-refractivity contribution in [3.8, 4) is 6.07 Å². The van der Waals surface area contributed by atoms with Gasteiger partial charge in [0, 0.05) is 0 Å². The van der Waals surface area contributed by atoms with Gasteiger partial charge < -0.3 is 9.84 Å². The molecule has 0 aliphatic heterocycles. The normalized spacial score (nSPS) is 13.4. The molecule has 0 aromatic heterocycles. The van der Waals surface area contributed by atoms with Crippen LogP contribution in [0.25, 0.3) is 0 Å². The summed E-state index contributed by atoms with van der Waals surface area (Å²) < 4.78 is 29.2. The molecule has 0 bridgehead atoms. The number of carboxylic acid groups (broad SMARTS) is 1. The molecule has 0 unspecified atom stereocenters. The van der Waals surface area contributed by atoms with Gasteiger partial charge in [0.15, 0.2) is 5.75 Å². The predicted molar refractivity (Wildman–Crippen MR) is 64.4 cm³/mol. The highest BCUT2D eigenvalue weighted by molar-refractivity contribution is 7.89. The molecule has 0 aromatic carbocycles. The molecule has 108 valence electrons. The summed E-state index contributed by atoms with van der Waals surface area (Å²) in [5, 5.41) is 17.1. The van der Waals surface area contributed by atoms with E-state index in [1.165, 1.54) is 6.07 Å². The van der Waals surface area contributed by atoms with Crippen molar-refractivity contribution in [3.05, 3.63) is 0 Å². The van der Waals surface area contributed by atoms with Crippen molar-refractivity contribution in [3.63, 3.8) is 0 Å². The van der Waals surface area contributed by atoms with Crippen molar-refractivity contribution < 1.29 is 27.9 Å². The molecule has 0 aromatic rings. The van der Waals surface area contributed by atoms with Crippen LogP contribution in [0.1, 0.15) is 27.2 Å². The van der Waals surface area contributed by atoms with Crippen molar-refractivity contribution in [1.82, 2.24) is 4.72 Å². The standard InChI is InChI=1S/C10H16N2O6S/c1-10(2,3)18-8(13)6-7(9(14)15)12-19(16,17)5-4-11/h7,12H,5-6H2,1-3H3,(H,14,15)/t7-/m0/s1. The Bertz CT molecular complexity index is 485. The summed E-state index contributed by atoms with van der Waals surface area (Å²) in [6, 6.07) is -0.275. The number of aliphatic carboxylic acids is 1. The Hall–Kier alpha value is -1.66. The summed E-state index contributed by atoms with van der Waals surface area (Å²) in [5.41, 5.74) is -0.800. The van der Waals surface area contributed by atoms with Crippen LogP contribution in [-0.2, 0) is 24.3 Å². The molecule has 19 heavy (non-hydrogen) atoms. The van der Waals surface area contributed by atoms with E-state index in [0.717, 1.165) is 0 Å². The molecule has 0 aliphatic rings. The topological polar surface area (TPSA) is 134 Å². The van der Waals surface area contributed by atoms with Crippen LogP contribution in [0.3, 0.4) is 0 Å². The van der Waals surface area contributed by atoms with E-state index in [-0.39, 0.29) is 0 Å². The fourth-order valence-electron chi connectivity index (χ4n) is 1.07. The lowest BCUT2D eigenvalue weighted by molar-refractivity contribution is -0.158. The van der Waals surface area contributed by atoms with E-state index in [9.17, 15) is 18.0 Å². The third-order valence-electron chi connectivity index (χ3n) is 1.67. The maximum absolute atomic E-state index is 11.4. The Morgan fingerprint density at radius 2 is 1.95 bits per heavy atom. The lowest BCUT2D eigenvalue weighted by atomic mass is 10.2. The Morgan fingerprint density at radius 3 is 2.32 bits per heavy atom. The second-order valence-electron chi connectivity index (χ2n) is 4.72. The zero-order valence-corrected chi connectivity index (χ0v) is 11.7. The number of carbonyl (C=O) groups excluding carboxylic acids is 1. The molecule has 0 amide bonds. The van der Waals surface area contributed by atoms with Gasteiger partial charge in [-0.25, -0.2) is 8.42 Å². The molecule has 0 aliphatic carbocycles. The number of rotatable bonds is 6. The highest BCUT2D eigenvalue weighted by Crippen LogP contribution is 2.09. The third-order valence-corrected chi connectivity index (χ3v) is 2.82. The molecule has 2 N–H and O–H groups in total. The molecule has 0 radical (unpaired) electrons. The molecule has 0 heterocycles. The summed E-state index contributed by atoms with van der Waals surface area (Å²) in [7, 11) is -4.06. The minimum absolute atomic E-state index is 0.655. The van der Waals surface area contributed by atoms with Crippen molar-refractivity contribution in [1.29, 1.82) is 5.26 Å². The Morgan fingerprint density at radius 1 is 1.42 bits per heavy atom. The van der Waals surface area contributed by atoms with E-state index in [2.05, 4.69) is 0 Å². The first-order valence-electron chi connectivity index (χ1n) is 5.28. The minimum atomic E-state index is -4.06. The predicted octanol–water partition coefficient (Wildman–Crippen LogP) is -0.386. The molecule has 0 rings (SSSR count). The summed E-state index contributed by atoms with van der Waals surface area (Å²) in [6.45, 7) is 4.79. The van der Waals surface area contributed by atoms with Gasteiger partial charge in [-0.1, -0.05) is 0 Å². The van der Waals surface area contributed by atoms with E-state index in [1.54, 1.807) is 25.5 Å². The number of hydrogen-bond acceptors (Lipinski definition) is 6. The van der Waals surface area contributed by atoms with Crippen LogP contribution < -0.4 is 4.72 Å². The lowest BCUT2D eigenvalue weighted by Gasteiger charge is -2.21. The average molecular weight is 292 g/mol. The second-order valence-corrected chi connectivity index (χ2v) is 6.47. The number of nitrogens with zero attached hydrogens (tertiary/aromatic N) is 1. The number of esters is 1. The van der Waals surface area contributed by atoms with Crippen LogP contribution in [0.2, 0.25) is 0 Å². The second kappa shape index (κ2) is 6.49. The van der Waals surface area contributed by atoms with Crippen LogP contribution in [0.4, 0.5) is 0 Å². The monoisotopic (exact) mass is 292 g/mol. The van der Waals surface area contributed by atoms with E-state index in [4.69, 9.17) is 15.1 Å². The summed E-state index contributed by atoms with van der Waals surface area (Å²) >= 11 is 0. The van der Waals surface area contributed by atoms with Gasteiger partial charge in [0.25, 0.3) is 0 Å². The summed E-state index contributed by atoms with van der Waals surface area (Å²) in [6.07, 6.45) is -0.655. The minimum Gasteiger partial charge on any atom is -0.480 e. The SMILES string of the molecule is CC(C)(C)OC(=O)C[C@H](NS(=O)(=O)CC#N)C(=O)O. The molecular formula is C10H16N2O6S. The van der Waals surface area contributed by atoms with Crippen molar-refractivity contribution >= 4 is 22.0 Å². The fourth-order valence-corrected chi connectivity index (χ4v) is 1.94. The fraction of sp³-hybridized carbons (Fsp3) is 0.700. The number of carbonyl (C=O) groups is 2. The summed E-state index contributed by atoms with van der Waals surface area (Å²) in [5.74, 6) is -3.25. The van der Waals surface area contributed by atoms with Gasteiger partial charge in [-0.2, -0.15) is 9.98 Å². The van der Waals surface area contributed by atoms with Gasteiger partial charge in [-0.15, -0.1) is 0 Å². The van der Waals surface area contributed by atoms with Crippen LogP contribution in [0, 0.1) is 11.3 Å². The molecule has 9 heteroatoms. The van der Waals surface area contributed by atoms with Gasteiger partial charge >= 0.3 is 11.9 Å². The quantitative estimate of drug-likeness (QED) is 0.637. The van der Waals surface area contributed by atoms with Gasteiger partial charge in [0.05, 0.1) is 12.5 Å². The van der Waals surface area contributed by atoms with Crippen LogP contribution in [0.15, 0.2) is 0 Å². The number of nitriles is 1. The molecule has 8 nitrogen and oxygen atoms in total. The molecular weight excluding hydrogens is 276 g/mol. The lowest BCUT2D eigenvalue weighted by Crippen LogP contribution is -2.43. The van der Waals surface area contributed by atoms with E-state index >= 15 is 0 Å². The zero-order valence-electron chi connectivity index (χ0n) is 10.8. The molecule has 1 atom stereocenters. The number of carboxylic acids is 1. The number of ether oxygens (including phenoxy) is 1. The average Bonchev–Trinajstić information content (AvgIpc) is 2.12. The van der Waals surface area contributed by atoms with Crippen LogP contribution in [-0.4, -0.2) is 42.9 Å². The first-order chi connectivity index (χ1) is 8.47. The van der Waals surface area contributed by atoms with Crippen LogP contribution >= 0.6 is 0 Å². The molecule has 0 saturated carbocycles. The number of sulfonamides is 1. The van der Waals surface area contributed by atoms with Crippen molar-refractivity contribution in [2.75, 3.05) is 5.75 Å². The highest BCUT2D eigenvalue weighted by atomic mass is 32.2. The number of nitrogens with one attached hydrogen (secondary N) is 1. The van der Waals surface area contributed by atoms with E-state index in [1.807, 2.05) is 0 Å². The molecule has 0 fully saturated rings. The largest absolute Gasteiger partial charge is 0.480 e. The smallest absolute Gasteiger partial charge is 0.322 e. The van der Waals surface area contributed by atoms with Gasteiger partial charge in [0.2, 0.25) is 10.0 Å². The Labute approximate surface area is 111 Å². The number of hydrogen-bond donors (Lipinski definition) is 2. The molecule has 0 saturated heterocycles. The maximum Gasteiger partial charge on any atom is 0.322 e. The Balaban J connectivity index is 4.75. The zero-order chi connectivity index (χ0) is 15.3.